The second-order valence-corrected chi connectivity index (χ2v) is 7.80. The van der Waals surface area contributed by atoms with E-state index in [9.17, 15) is 4.79 Å². The van der Waals surface area contributed by atoms with Crippen molar-refractivity contribution in [1.82, 2.24) is 4.90 Å². The molecule has 30 heavy (non-hydrogen) atoms. The van der Waals surface area contributed by atoms with E-state index >= 15 is 0 Å². The third-order valence-electron chi connectivity index (χ3n) is 5.08. The maximum atomic E-state index is 12.4. The summed E-state index contributed by atoms with van der Waals surface area (Å²) in [6, 6.07) is 23.7. The Morgan fingerprint density at radius 3 is 2.43 bits per heavy atom. The lowest BCUT2D eigenvalue weighted by Crippen LogP contribution is -2.42. The van der Waals surface area contributed by atoms with Gasteiger partial charge in [-0.05, 0) is 48.0 Å². The maximum Gasteiger partial charge on any atom is 0.325 e. The van der Waals surface area contributed by atoms with Crippen molar-refractivity contribution in [2.24, 2.45) is 4.99 Å². The average Bonchev–Trinajstić information content (AvgIpc) is 2.79. The van der Waals surface area contributed by atoms with Gasteiger partial charge in [0.2, 0.25) is 0 Å². The van der Waals surface area contributed by atoms with Crippen LogP contribution in [0, 0.1) is 0 Å². The Balaban J connectivity index is 1.91. The van der Waals surface area contributed by atoms with E-state index in [1.807, 2.05) is 59.5 Å². The minimum atomic E-state index is -0.324. The molecule has 3 aromatic carbocycles. The van der Waals surface area contributed by atoms with Gasteiger partial charge in [0.05, 0.1) is 25.9 Å². The Kier molecular flexibility index (Phi) is 5.86. The number of carbonyl (C=O) groups is 1. The lowest BCUT2D eigenvalue weighted by Gasteiger charge is -2.38. The predicted octanol–water partition coefficient (Wildman–Crippen LogP) is 5.11. The number of ether oxygens (including phenoxy) is 2. The van der Waals surface area contributed by atoms with Crippen LogP contribution in [0.25, 0.3) is 0 Å². The van der Waals surface area contributed by atoms with Crippen molar-refractivity contribution in [3.05, 3.63) is 94.0 Å². The molecule has 0 radical (unpaired) electrons. The molecule has 0 spiro atoms. The SMILES string of the molecule is COC(=O)CN1C(c2ccc(OC)cc2)=Nc2ccc(Br)cc2[C@@H]1c1ccccc1. The number of fused-ring (bicyclic) bond motifs is 1. The number of methoxy groups -OCH3 is 2. The first-order chi connectivity index (χ1) is 14.6. The highest BCUT2D eigenvalue weighted by atomic mass is 79.9. The predicted molar refractivity (Wildman–Crippen MR) is 120 cm³/mol. The van der Waals surface area contributed by atoms with Crippen molar-refractivity contribution < 1.29 is 14.3 Å². The molecule has 4 rings (SSSR count). The van der Waals surface area contributed by atoms with Gasteiger partial charge in [0, 0.05) is 15.6 Å². The fraction of sp³-hybridized carbons (Fsp3) is 0.167. The number of benzene rings is 3. The molecule has 0 unspecified atom stereocenters. The first kappa shape index (κ1) is 20.2. The molecule has 0 fully saturated rings. The summed E-state index contributed by atoms with van der Waals surface area (Å²) in [5.41, 5.74) is 3.87. The van der Waals surface area contributed by atoms with Gasteiger partial charge < -0.3 is 14.4 Å². The fourth-order valence-corrected chi connectivity index (χ4v) is 4.03. The standard InChI is InChI=1S/C24H21BrN2O3/c1-29-19-11-8-17(9-12-19)24-26-21-13-10-18(25)14-20(21)23(16-6-4-3-5-7-16)27(24)15-22(28)30-2/h3-14,23H,15H2,1-2H3/t23-/m0/s1. The van der Waals surface area contributed by atoms with Gasteiger partial charge in [0.15, 0.2) is 0 Å². The summed E-state index contributed by atoms with van der Waals surface area (Å²) in [6.07, 6.45) is 0. The lowest BCUT2D eigenvalue weighted by molar-refractivity contribution is -0.141. The summed E-state index contributed by atoms with van der Waals surface area (Å²) in [6.45, 7) is 0.0763. The molecule has 3 aromatic rings. The van der Waals surface area contributed by atoms with Gasteiger partial charge in [0.1, 0.15) is 18.1 Å². The summed E-state index contributed by atoms with van der Waals surface area (Å²) < 4.78 is 11.3. The minimum absolute atomic E-state index is 0.0763. The van der Waals surface area contributed by atoms with Crippen LogP contribution in [0.3, 0.4) is 0 Å². The van der Waals surface area contributed by atoms with Crippen molar-refractivity contribution in [3.63, 3.8) is 0 Å². The number of rotatable bonds is 5. The molecule has 6 heteroatoms. The number of hydrogen-bond acceptors (Lipinski definition) is 5. The van der Waals surface area contributed by atoms with E-state index in [2.05, 4.69) is 34.1 Å². The lowest BCUT2D eigenvalue weighted by atomic mass is 9.93. The Labute approximate surface area is 184 Å². The second-order valence-electron chi connectivity index (χ2n) is 6.88. The van der Waals surface area contributed by atoms with E-state index in [1.165, 1.54) is 7.11 Å². The van der Waals surface area contributed by atoms with Crippen LogP contribution in [0.1, 0.15) is 22.7 Å². The molecule has 0 saturated carbocycles. The molecule has 0 bridgehead atoms. The van der Waals surface area contributed by atoms with Gasteiger partial charge in [0.25, 0.3) is 0 Å². The Morgan fingerprint density at radius 2 is 1.77 bits per heavy atom. The monoisotopic (exact) mass is 464 g/mol. The quantitative estimate of drug-likeness (QED) is 0.492. The molecular formula is C24H21BrN2O3. The molecule has 1 atom stereocenters. The van der Waals surface area contributed by atoms with Crippen molar-refractivity contribution in [3.8, 4) is 5.75 Å². The zero-order chi connectivity index (χ0) is 21.1. The number of halogens is 1. The van der Waals surface area contributed by atoms with Crippen LogP contribution in [-0.2, 0) is 9.53 Å². The molecular weight excluding hydrogens is 444 g/mol. The van der Waals surface area contributed by atoms with E-state index in [-0.39, 0.29) is 18.6 Å². The zero-order valence-corrected chi connectivity index (χ0v) is 18.3. The summed E-state index contributed by atoms with van der Waals surface area (Å²) in [7, 11) is 3.04. The Bertz CT molecular complexity index is 1080. The highest BCUT2D eigenvalue weighted by Gasteiger charge is 2.33. The molecule has 1 aliphatic heterocycles. The number of carbonyl (C=O) groups excluding carboxylic acids is 1. The van der Waals surface area contributed by atoms with Crippen LogP contribution in [0.5, 0.6) is 5.75 Å². The van der Waals surface area contributed by atoms with Gasteiger partial charge >= 0.3 is 5.97 Å². The van der Waals surface area contributed by atoms with Gasteiger partial charge in [-0.2, -0.15) is 0 Å². The van der Waals surface area contributed by atoms with E-state index in [4.69, 9.17) is 14.5 Å². The van der Waals surface area contributed by atoms with E-state index < -0.39 is 0 Å². The fourth-order valence-electron chi connectivity index (χ4n) is 3.65. The Hall–Kier alpha value is -3.12. The van der Waals surface area contributed by atoms with Crippen LogP contribution in [-0.4, -0.2) is 37.5 Å². The van der Waals surface area contributed by atoms with Crippen molar-refractivity contribution in [1.29, 1.82) is 0 Å². The number of aliphatic imine (C=N–C) groups is 1. The third kappa shape index (κ3) is 3.96. The smallest absolute Gasteiger partial charge is 0.325 e. The summed E-state index contributed by atoms with van der Waals surface area (Å²) >= 11 is 3.58. The van der Waals surface area contributed by atoms with Crippen molar-refractivity contribution in [2.45, 2.75) is 6.04 Å². The molecule has 0 amide bonds. The van der Waals surface area contributed by atoms with Crippen LogP contribution in [0.2, 0.25) is 0 Å². The first-order valence-electron chi connectivity index (χ1n) is 9.51. The summed E-state index contributed by atoms with van der Waals surface area (Å²) in [5, 5.41) is 0. The third-order valence-corrected chi connectivity index (χ3v) is 5.58. The molecule has 1 aliphatic rings. The van der Waals surface area contributed by atoms with Crippen LogP contribution in [0.15, 0.2) is 82.3 Å². The number of esters is 1. The van der Waals surface area contributed by atoms with Gasteiger partial charge in [-0.3, -0.25) is 4.79 Å². The molecule has 0 aliphatic carbocycles. The van der Waals surface area contributed by atoms with Crippen LogP contribution < -0.4 is 4.74 Å². The largest absolute Gasteiger partial charge is 0.497 e. The Morgan fingerprint density at radius 1 is 1.03 bits per heavy atom. The van der Waals surface area contributed by atoms with E-state index in [1.54, 1.807) is 7.11 Å². The molecule has 0 aromatic heterocycles. The minimum Gasteiger partial charge on any atom is -0.497 e. The van der Waals surface area contributed by atoms with Gasteiger partial charge in [-0.15, -0.1) is 0 Å². The highest BCUT2D eigenvalue weighted by molar-refractivity contribution is 9.10. The van der Waals surface area contributed by atoms with E-state index in [0.29, 0.717) is 5.84 Å². The van der Waals surface area contributed by atoms with Gasteiger partial charge in [-0.25, -0.2) is 4.99 Å². The number of amidine groups is 1. The summed E-state index contributed by atoms with van der Waals surface area (Å²) in [4.78, 5) is 19.3. The molecule has 5 nitrogen and oxygen atoms in total. The average molecular weight is 465 g/mol. The normalized spacial score (nSPS) is 15.2. The first-order valence-corrected chi connectivity index (χ1v) is 10.3. The van der Waals surface area contributed by atoms with E-state index in [0.717, 1.165) is 32.6 Å². The molecule has 0 N–H and O–H groups in total. The molecule has 152 valence electrons. The van der Waals surface area contributed by atoms with Crippen molar-refractivity contribution >= 4 is 33.4 Å². The topological polar surface area (TPSA) is 51.1 Å². The molecule has 1 heterocycles. The summed E-state index contributed by atoms with van der Waals surface area (Å²) in [5.74, 6) is 1.15. The highest BCUT2D eigenvalue weighted by Crippen LogP contribution is 2.41. The van der Waals surface area contributed by atoms with Gasteiger partial charge in [-0.1, -0.05) is 46.3 Å². The van der Waals surface area contributed by atoms with Crippen LogP contribution in [0.4, 0.5) is 5.69 Å². The number of nitrogens with zero attached hydrogens (tertiary/aromatic N) is 2. The van der Waals surface area contributed by atoms with Crippen LogP contribution >= 0.6 is 15.9 Å². The maximum absolute atomic E-state index is 12.4. The zero-order valence-electron chi connectivity index (χ0n) is 16.7. The second kappa shape index (κ2) is 8.71. The van der Waals surface area contributed by atoms with Crippen molar-refractivity contribution in [2.75, 3.05) is 20.8 Å². The number of hydrogen-bond donors (Lipinski definition) is 0. The molecule has 0 saturated heterocycles.